The van der Waals surface area contributed by atoms with Crippen molar-refractivity contribution < 1.29 is 19.1 Å². The SMILES string of the molecule is O=C(NC1N[C@@]2(c3ccc(F)cn3)CN(C(=O)O)C[C@H]2CS1)c1ccccc1. The molecule has 1 aromatic carbocycles. The molecule has 2 amide bonds. The van der Waals surface area contributed by atoms with Gasteiger partial charge < -0.3 is 15.3 Å². The van der Waals surface area contributed by atoms with Gasteiger partial charge in [0, 0.05) is 30.3 Å². The summed E-state index contributed by atoms with van der Waals surface area (Å²) in [6.45, 7) is 0.539. The highest BCUT2D eigenvalue weighted by Gasteiger charge is 2.53. The lowest BCUT2D eigenvalue weighted by molar-refractivity contribution is 0.0930. The maximum atomic E-state index is 13.4. The molecule has 0 radical (unpaired) electrons. The molecule has 0 spiro atoms. The zero-order chi connectivity index (χ0) is 19.7. The lowest BCUT2D eigenvalue weighted by Crippen LogP contribution is -2.61. The maximum Gasteiger partial charge on any atom is 0.407 e. The first-order chi connectivity index (χ1) is 13.5. The number of nitrogens with one attached hydrogen (secondary N) is 2. The van der Waals surface area contributed by atoms with Gasteiger partial charge in [-0.2, -0.15) is 0 Å². The smallest absolute Gasteiger partial charge is 0.407 e. The molecule has 0 aliphatic carbocycles. The van der Waals surface area contributed by atoms with Crippen molar-refractivity contribution in [3.05, 3.63) is 65.7 Å². The van der Waals surface area contributed by atoms with E-state index in [2.05, 4.69) is 15.6 Å². The van der Waals surface area contributed by atoms with Crippen molar-refractivity contribution in [3.8, 4) is 0 Å². The molecule has 3 heterocycles. The molecule has 4 rings (SSSR count). The van der Waals surface area contributed by atoms with Crippen LogP contribution in [0.4, 0.5) is 9.18 Å². The Morgan fingerprint density at radius 2 is 2.07 bits per heavy atom. The van der Waals surface area contributed by atoms with Crippen LogP contribution in [0.25, 0.3) is 0 Å². The summed E-state index contributed by atoms with van der Waals surface area (Å²) >= 11 is 1.51. The van der Waals surface area contributed by atoms with Crippen LogP contribution in [-0.2, 0) is 5.54 Å². The van der Waals surface area contributed by atoms with Crippen LogP contribution in [0.2, 0.25) is 0 Å². The molecule has 2 aliphatic rings. The number of rotatable bonds is 3. The Kier molecular flexibility index (Phi) is 4.94. The van der Waals surface area contributed by atoms with E-state index >= 15 is 0 Å². The topological polar surface area (TPSA) is 94.6 Å². The molecule has 3 atom stereocenters. The summed E-state index contributed by atoms with van der Waals surface area (Å²) in [5.41, 5.74) is -0.0996. The molecule has 2 aliphatic heterocycles. The molecule has 0 saturated carbocycles. The second-order valence-corrected chi connectivity index (χ2v) is 8.03. The fourth-order valence-corrected chi connectivity index (χ4v) is 5.08. The van der Waals surface area contributed by atoms with Crippen LogP contribution in [0.5, 0.6) is 0 Å². The number of benzene rings is 1. The third-order valence-electron chi connectivity index (χ3n) is 5.18. The summed E-state index contributed by atoms with van der Waals surface area (Å²) < 4.78 is 13.4. The van der Waals surface area contributed by atoms with Gasteiger partial charge in [0.15, 0.2) is 0 Å². The highest BCUT2D eigenvalue weighted by molar-refractivity contribution is 7.99. The number of fused-ring (bicyclic) bond motifs is 1. The normalized spacial score (nSPS) is 26.5. The number of carbonyl (C=O) groups is 2. The molecule has 2 aromatic rings. The molecule has 2 fully saturated rings. The summed E-state index contributed by atoms with van der Waals surface area (Å²) in [5, 5.41) is 15.8. The van der Waals surface area contributed by atoms with Crippen LogP contribution in [-0.4, -0.2) is 51.3 Å². The number of hydrogen-bond donors (Lipinski definition) is 3. The van der Waals surface area contributed by atoms with Crippen LogP contribution in [0, 0.1) is 11.7 Å². The third-order valence-corrected chi connectivity index (χ3v) is 6.35. The second-order valence-electron chi connectivity index (χ2n) is 6.89. The summed E-state index contributed by atoms with van der Waals surface area (Å²) in [6, 6.07) is 11.8. The van der Waals surface area contributed by atoms with Gasteiger partial charge in [-0.1, -0.05) is 18.2 Å². The molecule has 1 aromatic heterocycles. The standard InChI is InChI=1S/C19H19FN4O3S/c20-14-6-7-15(21-8-14)19-11-24(18(26)27)9-13(19)10-28-17(23-19)22-16(25)12-4-2-1-3-5-12/h1-8,13,17,23H,9-11H2,(H,22,25)(H,26,27)/t13-,17?,19-/m0/s1. The first-order valence-corrected chi connectivity index (χ1v) is 9.88. The molecule has 146 valence electrons. The lowest BCUT2D eigenvalue weighted by atomic mass is 9.84. The van der Waals surface area contributed by atoms with Crippen molar-refractivity contribution in [3.63, 3.8) is 0 Å². The molecule has 7 nitrogen and oxygen atoms in total. The van der Waals surface area contributed by atoms with Crippen molar-refractivity contribution in [1.82, 2.24) is 20.5 Å². The summed E-state index contributed by atoms with van der Waals surface area (Å²) in [4.78, 5) is 29.6. The van der Waals surface area contributed by atoms with E-state index in [1.54, 1.807) is 30.3 Å². The number of aromatic nitrogens is 1. The van der Waals surface area contributed by atoms with Crippen LogP contribution in [0.15, 0.2) is 48.7 Å². The fraction of sp³-hybridized carbons (Fsp3) is 0.316. The summed E-state index contributed by atoms with van der Waals surface area (Å²) in [5.74, 6) is -0.0880. The van der Waals surface area contributed by atoms with Crippen LogP contribution in [0.3, 0.4) is 0 Å². The van der Waals surface area contributed by atoms with E-state index in [9.17, 15) is 19.1 Å². The van der Waals surface area contributed by atoms with Crippen molar-refractivity contribution in [2.24, 2.45) is 5.92 Å². The quantitative estimate of drug-likeness (QED) is 0.728. The van der Waals surface area contributed by atoms with Gasteiger partial charge in [0.25, 0.3) is 5.91 Å². The predicted octanol–water partition coefficient (Wildman–Crippen LogP) is 2.08. The Bertz CT molecular complexity index is 883. The number of amides is 2. The zero-order valence-electron chi connectivity index (χ0n) is 14.8. The van der Waals surface area contributed by atoms with E-state index < -0.39 is 22.9 Å². The molecular formula is C19H19FN4O3S. The van der Waals surface area contributed by atoms with Crippen molar-refractivity contribution >= 4 is 23.8 Å². The minimum atomic E-state index is -1.01. The van der Waals surface area contributed by atoms with Gasteiger partial charge in [0.1, 0.15) is 11.3 Å². The van der Waals surface area contributed by atoms with Gasteiger partial charge in [-0.15, -0.1) is 11.8 Å². The second kappa shape index (κ2) is 7.40. The van der Waals surface area contributed by atoms with Gasteiger partial charge in [0.2, 0.25) is 0 Å². The molecule has 2 saturated heterocycles. The van der Waals surface area contributed by atoms with E-state index in [1.807, 2.05) is 6.07 Å². The Hall–Kier alpha value is -2.65. The third kappa shape index (κ3) is 3.43. The lowest BCUT2D eigenvalue weighted by Gasteiger charge is -2.42. The number of hydrogen-bond acceptors (Lipinski definition) is 5. The van der Waals surface area contributed by atoms with Crippen LogP contribution in [0.1, 0.15) is 16.1 Å². The van der Waals surface area contributed by atoms with E-state index in [1.165, 1.54) is 22.7 Å². The van der Waals surface area contributed by atoms with E-state index in [4.69, 9.17) is 0 Å². The van der Waals surface area contributed by atoms with Crippen molar-refractivity contribution in [2.75, 3.05) is 18.8 Å². The largest absolute Gasteiger partial charge is 0.465 e. The number of carbonyl (C=O) groups excluding carboxylic acids is 1. The molecular weight excluding hydrogens is 383 g/mol. The predicted molar refractivity (Wildman–Crippen MR) is 102 cm³/mol. The average Bonchev–Trinajstić information content (AvgIpc) is 3.09. The van der Waals surface area contributed by atoms with Gasteiger partial charge in [-0.25, -0.2) is 9.18 Å². The molecule has 3 N–H and O–H groups in total. The monoisotopic (exact) mass is 402 g/mol. The zero-order valence-corrected chi connectivity index (χ0v) is 15.7. The van der Waals surface area contributed by atoms with Gasteiger partial charge in [-0.05, 0) is 24.3 Å². The highest BCUT2D eigenvalue weighted by atomic mass is 32.2. The van der Waals surface area contributed by atoms with E-state index in [-0.39, 0.29) is 18.4 Å². The number of pyridine rings is 1. The van der Waals surface area contributed by atoms with Crippen molar-refractivity contribution in [2.45, 2.75) is 11.0 Å². The number of carboxylic acid groups (broad SMARTS) is 1. The van der Waals surface area contributed by atoms with E-state index in [0.717, 1.165) is 6.20 Å². The average molecular weight is 402 g/mol. The first kappa shape index (κ1) is 18.7. The Labute approximate surface area is 165 Å². The Morgan fingerprint density at radius 1 is 1.29 bits per heavy atom. The molecule has 1 unspecified atom stereocenters. The van der Waals surface area contributed by atoms with Crippen molar-refractivity contribution in [1.29, 1.82) is 0 Å². The van der Waals surface area contributed by atoms with E-state index in [0.29, 0.717) is 23.6 Å². The maximum absolute atomic E-state index is 13.4. The number of likely N-dealkylation sites (tertiary alicyclic amines) is 1. The Morgan fingerprint density at radius 3 is 2.75 bits per heavy atom. The number of thioether (sulfide) groups is 1. The molecule has 0 bridgehead atoms. The molecule has 9 heteroatoms. The summed E-state index contributed by atoms with van der Waals surface area (Å²) in [7, 11) is 0. The van der Waals surface area contributed by atoms with Crippen LogP contribution < -0.4 is 10.6 Å². The Balaban J connectivity index is 1.60. The fourth-order valence-electron chi connectivity index (χ4n) is 3.78. The van der Waals surface area contributed by atoms with Gasteiger partial charge >= 0.3 is 6.09 Å². The minimum absolute atomic E-state index is 0.0450. The minimum Gasteiger partial charge on any atom is -0.465 e. The van der Waals surface area contributed by atoms with Gasteiger partial charge in [0.05, 0.1) is 17.4 Å². The van der Waals surface area contributed by atoms with Gasteiger partial charge in [-0.3, -0.25) is 15.1 Å². The summed E-state index contributed by atoms with van der Waals surface area (Å²) in [6.07, 6.45) is 0.124. The number of nitrogens with zero attached hydrogens (tertiary/aromatic N) is 2. The van der Waals surface area contributed by atoms with Crippen LogP contribution >= 0.6 is 11.8 Å². The molecule has 28 heavy (non-hydrogen) atoms. The first-order valence-electron chi connectivity index (χ1n) is 8.83. The highest BCUT2D eigenvalue weighted by Crippen LogP contribution is 2.42. The number of halogens is 1.